The van der Waals surface area contributed by atoms with Gasteiger partial charge in [0.25, 0.3) is 0 Å². The van der Waals surface area contributed by atoms with E-state index in [1.54, 1.807) is 17.6 Å². The molecule has 1 aromatic carbocycles. The van der Waals surface area contributed by atoms with Gasteiger partial charge in [-0.15, -0.1) is 0 Å². The molecule has 0 spiro atoms. The van der Waals surface area contributed by atoms with E-state index in [0.717, 1.165) is 0 Å². The van der Waals surface area contributed by atoms with E-state index in [4.69, 9.17) is 12.2 Å². The van der Waals surface area contributed by atoms with E-state index in [1.807, 2.05) is 20.8 Å². The van der Waals surface area contributed by atoms with Crippen LogP contribution in [0.5, 0.6) is 0 Å². The van der Waals surface area contributed by atoms with Crippen LogP contribution in [0.25, 0.3) is 11.0 Å². The van der Waals surface area contributed by atoms with E-state index in [1.165, 1.54) is 6.07 Å². The zero-order valence-corrected chi connectivity index (χ0v) is 14.7. The van der Waals surface area contributed by atoms with Crippen molar-refractivity contribution in [1.82, 2.24) is 14.9 Å². The van der Waals surface area contributed by atoms with E-state index >= 15 is 0 Å². The number of hydrogen-bond donors (Lipinski definition) is 2. The number of benzene rings is 1. The molecule has 0 saturated heterocycles. The Hall–Kier alpha value is -1.21. The molecule has 1 atom stereocenters. The van der Waals surface area contributed by atoms with Gasteiger partial charge in [0.05, 0.1) is 15.5 Å². The van der Waals surface area contributed by atoms with Crippen molar-refractivity contribution in [2.75, 3.05) is 0 Å². The fourth-order valence-corrected chi connectivity index (χ4v) is 2.79. The van der Waals surface area contributed by atoms with Crippen molar-refractivity contribution in [3.8, 4) is 0 Å². The number of nitrogens with zero attached hydrogens (tertiary/aromatic N) is 1. The SMILES string of the molecule is CC(C(=O)NC(C)(C)C)n1c(=S)[nH]c2cc(F)c(Br)cc21. The summed E-state index contributed by atoms with van der Waals surface area (Å²) in [5.74, 6) is -0.516. The van der Waals surface area contributed by atoms with Crippen LogP contribution in [-0.4, -0.2) is 21.0 Å². The van der Waals surface area contributed by atoms with Gasteiger partial charge >= 0.3 is 0 Å². The largest absolute Gasteiger partial charge is 0.350 e. The summed E-state index contributed by atoms with van der Waals surface area (Å²) in [7, 11) is 0. The summed E-state index contributed by atoms with van der Waals surface area (Å²) >= 11 is 8.42. The fraction of sp³-hybridized carbons (Fsp3) is 0.429. The van der Waals surface area contributed by atoms with Gasteiger partial charge in [-0.2, -0.15) is 0 Å². The number of imidazole rings is 1. The van der Waals surface area contributed by atoms with Crippen molar-refractivity contribution in [2.45, 2.75) is 39.3 Å². The number of fused-ring (bicyclic) bond motifs is 1. The third-order valence-corrected chi connectivity index (χ3v) is 3.93. The number of hydrogen-bond acceptors (Lipinski definition) is 2. The van der Waals surface area contributed by atoms with Crippen molar-refractivity contribution < 1.29 is 9.18 Å². The van der Waals surface area contributed by atoms with Crippen molar-refractivity contribution >= 4 is 45.1 Å². The first-order chi connectivity index (χ1) is 9.60. The van der Waals surface area contributed by atoms with Crippen LogP contribution in [0, 0.1) is 10.6 Å². The minimum atomic E-state index is -0.497. The topological polar surface area (TPSA) is 49.8 Å². The molecule has 1 aromatic heterocycles. The standard InChI is InChI=1S/C14H17BrFN3OS/c1-7(12(20)18-14(2,3)4)19-11-5-8(15)9(16)6-10(11)17-13(19)21/h5-7H,1-4H3,(H,17,21)(H,18,20). The summed E-state index contributed by atoms with van der Waals surface area (Å²) in [5, 5.41) is 2.92. The maximum atomic E-state index is 13.6. The molecule has 0 aliphatic heterocycles. The van der Waals surface area contributed by atoms with Crippen molar-refractivity contribution in [3.05, 3.63) is 27.2 Å². The Kier molecular flexibility index (Phi) is 4.26. The minimum absolute atomic E-state index is 0.139. The van der Waals surface area contributed by atoms with Gasteiger partial charge in [-0.25, -0.2) is 4.39 Å². The predicted octanol–water partition coefficient (Wildman–Crippen LogP) is 4.08. The van der Waals surface area contributed by atoms with Crippen LogP contribution >= 0.6 is 28.1 Å². The molecule has 1 unspecified atom stereocenters. The van der Waals surface area contributed by atoms with Gasteiger partial charge in [0.1, 0.15) is 11.9 Å². The first-order valence-electron chi connectivity index (χ1n) is 6.51. The molecule has 21 heavy (non-hydrogen) atoms. The van der Waals surface area contributed by atoms with Gasteiger partial charge in [0.2, 0.25) is 5.91 Å². The van der Waals surface area contributed by atoms with Crippen LogP contribution in [0.1, 0.15) is 33.7 Å². The Morgan fingerprint density at radius 2 is 2.10 bits per heavy atom. The molecule has 0 saturated carbocycles. The van der Waals surface area contributed by atoms with Crippen LogP contribution < -0.4 is 5.32 Å². The van der Waals surface area contributed by atoms with Crippen LogP contribution in [-0.2, 0) is 4.79 Å². The number of nitrogens with one attached hydrogen (secondary N) is 2. The fourth-order valence-electron chi connectivity index (χ4n) is 2.10. The molecule has 4 nitrogen and oxygen atoms in total. The number of carbonyl (C=O) groups excluding carboxylic acids is 1. The highest BCUT2D eigenvalue weighted by atomic mass is 79.9. The molecule has 114 valence electrons. The average molecular weight is 374 g/mol. The lowest BCUT2D eigenvalue weighted by atomic mass is 10.1. The summed E-state index contributed by atoms with van der Waals surface area (Å²) in [4.78, 5) is 15.3. The smallest absolute Gasteiger partial charge is 0.243 e. The summed E-state index contributed by atoms with van der Waals surface area (Å²) in [5.41, 5.74) is 0.924. The van der Waals surface area contributed by atoms with Crippen molar-refractivity contribution in [3.63, 3.8) is 0 Å². The first kappa shape index (κ1) is 16.2. The van der Waals surface area contributed by atoms with Gasteiger partial charge in [-0.3, -0.25) is 4.79 Å². The molecule has 0 aliphatic carbocycles. The molecular weight excluding hydrogens is 357 g/mol. The number of amides is 1. The van der Waals surface area contributed by atoms with E-state index in [0.29, 0.717) is 20.3 Å². The maximum absolute atomic E-state index is 13.6. The van der Waals surface area contributed by atoms with Gasteiger partial charge in [0, 0.05) is 11.6 Å². The Bertz CT molecular complexity index is 760. The van der Waals surface area contributed by atoms with Crippen LogP contribution in [0.15, 0.2) is 16.6 Å². The number of halogens is 2. The summed E-state index contributed by atoms with van der Waals surface area (Å²) in [6.45, 7) is 7.51. The first-order valence-corrected chi connectivity index (χ1v) is 7.71. The summed E-state index contributed by atoms with van der Waals surface area (Å²) < 4.78 is 16.0. The normalized spacial score (nSPS) is 13.4. The second-order valence-corrected chi connectivity index (χ2v) is 7.24. The highest BCUT2D eigenvalue weighted by Crippen LogP contribution is 2.26. The number of rotatable bonds is 2. The Labute approximate surface area is 135 Å². The lowest BCUT2D eigenvalue weighted by Gasteiger charge is -2.24. The molecule has 7 heteroatoms. The molecule has 2 aromatic rings. The molecule has 1 heterocycles. The monoisotopic (exact) mass is 373 g/mol. The lowest BCUT2D eigenvalue weighted by molar-refractivity contribution is -0.125. The Balaban J connectivity index is 2.51. The molecule has 0 aliphatic rings. The third-order valence-electron chi connectivity index (χ3n) is 3.02. The van der Waals surface area contributed by atoms with Gasteiger partial charge in [-0.05, 0) is 61.9 Å². The van der Waals surface area contributed by atoms with E-state index < -0.39 is 6.04 Å². The van der Waals surface area contributed by atoms with Crippen LogP contribution in [0.4, 0.5) is 4.39 Å². The highest BCUT2D eigenvalue weighted by Gasteiger charge is 2.23. The molecule has 2 N–H and O–H groups in total. The van der Waals surface area contributed by atoms with Crippen molar-refractivity contribution in [1.29, 1.82) is 0 Å². The number of carbonyl (C=O) groups is 1. The number of aromatic amines is 1. The van der Waals surface area contributed by atoms with Crippen molar-refractivity contribution in [2.24, 2.45) is 0 Å². The summed E-state index contributed by atoms with van der Waals surface area (Å²) in [6.07, 6.45) is 0. The second-order valence-electron chi connectivity index (χ2n) is 6.00. The summed E-state index contributed by atoms with van der Waals surface area (Å²) in [6, 6.07) is 2.49. The van der Waals surface area contributed by atoms with E-state index in [9.17, 15) is 9.18 Å². The molecule has 0 radical (unpaired) electrons. The Morgan fingerprint density at radius 3 is 2.67 bits per heavy atom. The highest BCUT2D eigenvalue weighted by molar-refractivity contribution is 9.10. The number of aromatic nitrogens is 2. The zero-order valence-electron chi connectivity index (χ0n) is 12.3. The van der Waals surface area contributed by atoms with Crippen LogP contribution in [0.2, 0.25) is 0 Å². The molecule has 1 amide bonds. The maximum Gasteiger partial charge on any atom is 0.243 e. The van der Waals surface area contributed by atoms with E-state index in [2.05, 4.69) is 26.2 Å². The Morgan fingerprint density at radius 1 is 1.48 bits per heavy atom. The zero-order chi connectivity index (χ0) is 15.9. The van der Waals surface area contributed by atoms with Gasteiger partial charge in [-0.1, -0.05) is 0 Å². The quantitative estimate of drug-likeness (QED) is 0.779. The molecule has 0 fully saturated rings. The van der Waals surface area contributed by atoms with Crippen LogP contribution in [0.3, 0.4) is 0 Å². The lowest BCUT2D eigenvalue weighted by Crippen LogP contribution is -2.43. The predicted molar refractivity (Wildman–Crippen MR) is 87.4 cm³/mol. The van der Waals surface area contributed by atoms with Gasteiger partial charge < -0.3 is 14.9 Å². The third kappa shape index (κ3) is 3.35. The minimum Gasteiger partial charge on any atom is -0.350 e. The molecule has 0 bridgehead atoms. The molecule has 2 rings (SSSR count). The van der Waals surface area contributed by atoms with E-state index in [-0.39, 0.29) is 17.3 Å². The number of H-pyrrole nitrogens is 1. The van der Waals surface area contributed by atoms with Gasteiger partial charge in [0.15, 0.2) is 4.77 Å². The second kappa shape index (κ2) is 5.53. The molecular formula is C14H17BrFN3OS. The average Bonchev–Trinajstić information content (AvgIpc) is 2.62.